The number of hydrogen-bond donors (Lipinski definition) is 2. The molecule has 0 bridgehead atoms. The van der Waals surface area contributed by atoms with Gasteiger partial charge in [-0.25, -0.2) is 4.98 Å². The number of pyridine rings is 1. The molecule has 0 saturated carbocycles. The van der Waals surface area contributed by atoms with E-state index < -0.39 is 11.9 Å². The molecule has 184 valence electrons. The third-order valence-corrected chi connectivity index (χ3v) is 5.71. The molecular weight excluding hydrogens is 440 g/mol. The highest BCUT2D eigenvalue weighted by molar-refractivity contribution is 5.98. The summed E-state index contributed by atoms with van der Waals surface area (Å²) >= 11 is 0. The van der Waals surface area contributed by atoms with E-state index in [0.717, 1.165) is 29.5 Å². The minimum Gasteiger partial charge on any atom is -0.481 e. The number of anilines is 1. The Kier molecular flexibility index (Phi) is 11.3. The largest absolute Gasteiger partial charge is 0.481 e. The molecular formula is C29H34N2O4. The van der Waals surface area contributed by atoms with Crippen LogP contribution < -0.4 is 5.32 Å². The van der Waals surface area contributed by atoms with Gasteiger partial charge in [0.1, 0.15) is 5.82 Å². The van der Waals surface area contributed by atoms with E-state index in [1.807, 2.05) is 50.3 Å². The van der Waals surface area contributed by atoms with Crippen molar-refractivity contribution in [2.45, 2.75) is 52.4 Å². The highest BCUT2D eigenvalue weighted by Crippen LogP contribution is 2.23. The molecule has 35 heavy (non-hydrogen) atoms. The van der Waals surface area contributed by atoms with Crippen molar-refractivity contribution < 1.29 is 19.5 Å². The average Bonchev–Trinajstić information content (AvgIpc) is 2.87. The van der Waals surface area contributed by atoms with E-state index in [1.54, 1.807) is 30.5 Å². The Morgan fingerprint density at radius 3 is 2.37 bits per heavy atom. The van der Waals surface area contributed by atoms with Gasteiger partial charge in [0.05, 0.1) is 5.92 Å². The number of Topliss-reactive ketones (excluding diaryl/α,β-unsaturated/α-hetero) is 1. The highest BCUT2D eigenvalue weighted by Gasteiger charge is 2.22. The van der Waals surface area contributed by atoms with Gasteiger partial charge in [-0.3, -0.25) is 14.4 Å². The summed E-state index contributed by atoms with van der Waals surface area (Å²) in [5.74, 6) is -1.47. The maximum atomic E-state index is 12.8. The first kappa shape index (κ1) is 27.4. The van der Waals surface area contributed by atoms with Crippen molar-refractivity contribution >= 4 is 23.5 Å². The molecule has 1 aromatic heterocycles. The Balaban J connectivity index is 2.00. The fourth-order valence-electron chi connectivity index (χ4n) is 3.54. The number of carbonyl (C=O) groups excluding carboxylic acids is 2. The lowest BCUT2D eigenvalue weighted by Crippen LogP contribution is -2.18. The van der Waals surface area contributed by atoms with E-state index in [9.17, 15) is 19.5 Å². The molecule has 1 atom stereocenters. The van der Waals surface area contributed by atoms with Gasteiger partial charge in [0, 0.05) is 30.2 Å². The lowest BCUT2D eigenvalue weighted by Gasteiger charge is -2.12. The zero-order valence-corrected chi connectivity index (χ0v) is 20.5. The minimum atomic E-state index is -0.967. The first-order chi connectivity index (χ1) is 16.9. The third-order valence-electron chi connectivity index (χ3n) is 5.71. The fourth-order valence-corrected chi connectivity index (χ4v) is 3.54. The number of unbranched alkanes of at least 4 members (excludes halogenated alkanes) is 1. The summed E-state index contributed by atoms with van der Waals surface area (Å²) in [4.78, 5) is 40.6. The van der Waals surface area contributed by atoms with E-state index in [1.165, 1.54) is 0 Å². The van der Waals surface area contributed by atoms with Crippen LogP contribution in [0.3, 0.4) is 0 Å². The number of ketones is 1. The summed E-state index contributed by atoms with van der Waals surface area (Å²) in [6, 6.07) is 10.7. The monoisotopic (exact) mass is 474 g/mol. The summed E-state index contributed by atoms with van der Waals surface area (Å²) in [5.41, 5.74) is 3.21. The first-order valence-corrected chi connectivity index (χ1v) is 11.9. The van der Waals surface area contributed by atoms with Gasteiger partial charge in [0.2, 0.25) is 5.91 Å². The smallest absolute Gasteiger partial charge is 0.306 e. The number of carbonyl (C=O) groups is 3. The van der Waals surface area contributed by atoms with Crippen molar-refractivity contribution in [3.63, 3.8) is 0 Å². The fraction of sp³-hybridized carbons (Fsp3) is 0.310. The number of benzene rings is 1. The summed E-state index contributed by atoms with van der Waals surface area (Å²) in [6.45, 7) is 7.58. The van der Waals surface area contributed by atoms with Crippen LogP contribution in [0.5, 0.6) is 0 Å². The third kappa shape index (κ3) is 9.16. The SMILES string of the molecule is C=C/C=C\C(=C/C)CCC(CC(=O)c1ccc(-c2ccc(NC(=O)CCCC)nc2)cc1)C(=O)O. The molecule has 1 aromatic carbocycles. The molecule has 1 amide bonds. The Hall–Kier alpha value is -3.80. The van der Waals surface area contributed by atoms with Crippen LogP contribution >= 0.6 is 0 Å². The van der Waals surface area contributed by atoms with Crippen LogP contribution in [0.2, 0.25) is 0 Å². The van der Waals surface area contributed by atoms with Crippen molar-refractivity contribution in [1.29, 1.82) is 0 Å². The number of carboxylic acid groups (broad SMARTS) is 1. The van der Waals surface area contributed by atoms with Crippen molar-refractivity contribution in [3.05, 3.63) is 84.6 Å². The quantitative estimate of drug-likeness (QED) is 0.237. The van der Waals surface area contributed by atoms with Crippen LogP contribution in [0, 0.1) is 5.92 Å². The Morgan fingerprint density at radius 2 is 1.80 bits per heavy atom. The number of aromatic nitrogens is 1. The summed E-state index contributed by atoms with van der Waals surface area (Å²) in [5, 5.41) is 12.4. The molecule has 2 rings (SSSR count). The van der Waals surface area contributed by atoms with Crippen molar-refractivity contribution in [2.24, 2.45) is 5.92 Å². The van der Waals surface area contributed by atoms with Gasteiger partial charge in [-0.05, 0) is 43.9 Å². The average molecular weight is 475 g/mol. The van der Waals surface area contributed by atoms with Crippen LogP contribution in [-0.4, -0.2) is 27.8 Å². The minimum absolute atomic E-state index is 0.0508. The zero-order chi connectivity index (χ0) is 25.6. The van der Waals surface area contributed by atoms with E-state index in [-0.39, 0.29) is 18.1 Å². The normalized spacial score (nSPS) is 12.3. The van der Waals surface area contributed by atoms with Crippen LogP contribution in [-0.2, 0) is 9.59 Å². The molecule has 0 aliphatic heterocycles. The molecule has 1 heterocycles. The van der Waals surface area contributed by atoms with E-state index in [2.05, 4.69) is 16.9 Å². The topological polar surface area (TPSA) is 96.4 Å². The van der Waals surface area contributed by atoms with E-state index >= 15 is 0 Å². The number of amides is 1. The Morgan fingerprint density at radius 1 is 1.09 bits per heavy atom. The molecule has 0 spiro atoms. The number of aliphatic carboxylic acids is 1. The number of allylic oxidation sites excluding steroid dienone is 5. The maximum Gasteiger partial charge on any atom is 0.306 e. The predicted octanol–water partition coefficient (Wildman–Crippen LogP) is 6.62. The molecule has 6 nitrogen and oxygen atoms in total. The number of carboxylic acids is 1. The molecule has 0 radical (unpaired) electrons. The Labute approximate surface area is 207 Å². The number of nitrogens with zero attached hydrogens (tertiary/aromatic N) is 1. The second-order valence-corrected chi connectivity index (χ2v) is 8.32. The second kappa shape index (κ2) is 14.5. The lowest BCUT2D eigenvalue weighted by atomic mass is 9.92. The van der Waals surface area contributed by atoms with Gasteiger partial charge in [-0.2, -0.15) is 0 Å². The van der Waals surface area contributed by atoms with Gasteiger partial charge < -0.3 is 10.4 Å². The van der Waals surface area contributed by atoms with Gasteiger partial charge in [-0.15, -0.1) is 0 Å². The molecule has 0 aliphatic carbocycles. The van der Waals surface area contributed by atoms with Crippen LogP contribution in [0.4, 0.5) is 5.82 Å². The molecule has 2 aromatic rings. The summed E-state index contributed by atoms with van der Waals surface area (Å²) in [6.07, 6.45) is 12.2. The van der Waals surface area contributed by atoms with Crippen LogP contribution in [0.1, 0.15) is 62.7 Å². The summed E-state index contributed by atoms with van der Waals surface area (Å²) in [7, 11) is 0. The van der Waals surface area contributed by atoms with Gasteiger partial charge >= 0.3 is 5.97 Å². The molecule has 2 N–H and O–H groups in total. The van der Waals surface area contributed by atoms with Crippen molar-refractivity contribution in [1.82, 2.24) is 4.98 Å². The first-order valence-electron chi connectivity index (χ1n) is 11.9. The van der Waals surface area contributed by atoms with E-state index in [4.69, 9.17) is 0 Å². The van der Waals surface area contributed by atoms with Crippen molar-refractivity contribution in [2.75, 3.05) is 5.32 Å². The Bertz CT molecular complexity index is 1070. The second-order valence-electron chi connectivity index (χ2n) is 8.32. The zero-order valence-electron chi connectivity index (χ0n) is 20.5. The van der Waals surface area contributed by atoms with Gasteiger partial charge in [0.15, 0.2) is 5.78 Å². The number of hydrogen-bond acceptors (Lipinski definition) is 4. The van der Waals surface area contributed by atoms with Crippen LogP contribution in [0.15, 0.2) is 79.1 Å². The van der Waals surface area contributed by atoms with Gasteiger partial charge in [-0.1, -0.05) is 74.1 Å². The lowest BCUT2D eigenvalue weighted by molar-refractivity contribution is -0.141. The number of nitrogens with one attached hydrogen (secondary N) is 1. The van der Waals surface area contributed by atoms with Crippen LogP contribution in [0.25, 0.3) is 11.1 Å². The molecule has 1 unspecified atom stereocenters. The molecule has 0 saturated heterocycles. The standard InChI is InChI=1S/C29H34N2O4/c1-4-7-9-21(6-3)11-12-24(29(34)35)19-26(32)23-15-13-22(14-16-23)25-17-18-27(30-20-25)31-28(33)10-8-5-2/h4,6-7,9,13-18,20,24H,1,5,8,10-12,19H2,2-3H3,(H,34,35)(H,30,31,33)/b9-7-,21-6+. The summed E-state index contributed by atoms with van der Waals surface area (Å²) < 4.78 is 0. The van der Waals surface area contributed by atoms with Crippen molar-refractivity contribution in [3.8, 4) is 11.1 Å². The molecule has 0 aliphatic rings. The number of rotatable bonds is 14. The molecule has 0 fully saturated rings. The highest BCUT2D eigenvalue weighted by atomic mass is 16.4. The van der Waals surface area contributed by atoms with Gasteiger partial charge in [0.25, 0.3) is 0 Å². The maximum absolute atomic E-state index is 12.8. The molecule has 6 heteroatoms. The van der Waals surface area contributed by atoms with E-state index in [0.29, 0.717) is 30.6 Å². The predicted molar refractivity (Wildman–Crippen MR) is 140 cm³/mol.